The molecule has 0 aliphatic rings. The first-order chi connectivity index (χ1) is 13.1. The van der Waals surface area contributed by atoms with Gasteiger partial charge in [-0.3, -0.25) is 9.78 Å². The van der Waals surface area contributed by atoms with E-state index in [0.717, 1.165) is 11.8 Å². The first-order valence-electron chi connectivity index (χ1n) is 8.07. The second-order valence-electron chi connectivity index (χ2n) is 5.81. The van der Waals surface area contributed by atoms with E-state index in [1.165, 1.54) is 18.5 Å². The molecule has 0 bridgehead atoms. The molecule has 4 rings (SSSR count). The van der Waals surface area contributed by atoms with Gasteiger partial charge in [0, 0.05) is 23.8 Å². The highest BCUT2D eigenvalue weighted by Gasteiger charge is 2.16. The van der Waals surface area contributed by atoms with Crippen LogP contribution in [0.4, 0.5) is 20.3 Å². The van der Waals surface area contributed by atoms with Gasteiger partial charge < -0.3 is 9.88 Å². The number of aromatic nitrogens is 4. The number of fused-ring (bicyclic) bond motifs is 1. The second-order valence-corrected chi connectivity index (χ2v) is 5.81. The van der Waals surface area contributed by atoms with Crippen molar-refractivity contribution in [2.75, 3.05) is 4.90 Å². The number of H-pyrrole nitrogens is 1. The summed E-state index contributed by atoms with van der Waals surface area (Å²) in [7, 11) is 0. The molecule has 3 aromatic heterocycles. The summed E-state index contributed by atoms with van der Waals surface area (Å²) in [5.41, 5.74) is 0.574. The summed E-state index contributed by atoms with van der Waals surface area (Å²) in [5, 5.41) is 0.413. The molecule has 134 valence electrons. The molecule has 4 aromatic rings. The Morgan fingerprint density at radius 1 is 1.07 bits per heavy atom. The van der Waals surface area contributed by atoms with Crippen LogP contribution in [0.15, 0.2) is 66.1 Å². The monoisotopic (exact) mass is 365 g/mol. The number of rotatable bonds is 4. The Hall–Kier alpha value is -3.68. The minimum Gasteiger partial charge on any atom is -0.320 e. The molecule has 1 N–H and O–H groups in total. The van der Waals surface area contributed by atoms with Crippen LogP contribution in [-0.4, -0.2) is 19.9 Å². The number of hydrogen-bond acceptors (Lipinski definition) is 5. The smallest absolute Gasteiger partial charge is 0.248 e. The van der Waals surface area contributed by atoms with Crippen molar-refractivity contribution in [1.82, 2.24) is 19.9 Å². The third-order valence-electron chi connectivity index (χ3n) is 4.12. The predicted molar refractivity (Wildman–Crippen MR) is 96.6 cm³/mol. The van der Waals surface area contributed by atoms with Crippen LogP contribution in [0.5, 0.6) is 0 Å². The number of benzene rings is 1. The molecule has 0 aliphatic heterocycles. The fourth-order valence-electron chi connectivity index (χ4n) is 2.90. The van der Waals surface area contributed by atoms with E-state index in [9.17, 15) is 13.6 Å². The molecule has 0 unspecified atom stereocenters. The van der Waals surface area contributed by atoms with E-state index in [2.05, 4.69) is 19.9 Å². The summed E-state index contributed by atoms with van der Waals surface area (Å²) in [4.78, 5) is 28.5. The Morgan fingerprint density at radius 3 is 2.70 bits per heavy atom. The zero-order chi connectivity index (χ0) is 18.8. The van der Waals surface area contributed by atoms with Crippen LogP contribution in [0.2, 0.25) is 0 Å². The summed E-state index contributed by atoms with van der Waals surface area (Å²) in [6, 6.07) is 9.17. The molecule has 8 heteroatoms. The zero-order valence-corrected chi connectivity index (χ0v) is 13.9. The molecule has 0 saturated carbocycles. The third kappa shape index (κ3) is 3.24. The van der Waals surface area contributed by atoms with Gasteiger partial charge in [0.2, 0.25) is 5.56 Å². The summed E-state index contributed by atoms with van der Waals surface area (Å²) in [6.45, 7) is 0.203. The molecule has 0 amide bonds. The number of anilines is 2. The van der Waals surface area contributed by atoms with Gasteiger partial charge in [0.15, 0.2) is 11.6 Å². The van der Waals surface area contributed by atoms with E-state index in [0.29, 0.717) is 16.8 Å². The zero-order valence-electron chi connectivity index (χ0n) is 13.9. The number of halogens is 2. The SMILES string of the molecule is O=c1cc(CN(c2cccnc2)c2ccncn2)c2ccc(F)c(F)c2[nH]1. The third-order valence-corrected chi connectivity index (χ3v) is 4.12. The molecular formula is C19H13F2N5O. The van der Waals surface area contributed by atoms with Crippen LogP contribution < -0.4 is 10.5 Å². The van der Waals surface area contributed by atoms with Crippen molar-refractivity contribution in [3.05, 3.63) is 88.9 Å². The fraction of sp³-hybridized carbons (Fsp3) is 0.0526. The van der Waals surface area contributed by atoms with Crippen molar-refractivity contribution >= 4 is 22.4 Å². The molecule has 0 atom stereocenters. The molecule has 6 nitrogen and oxygen atoms in total. The summed E-state index contributed by atoms with van der Waals surface area (Å²) < 4.78 is 27.7. The van der Waals surface area contributed by atoms with E-state index >= 15 is 0 Å². The molecule has 27 heavy (non-hydrogen) atoms. The topological polar surface area (TPSA) is 74.8 Å². The lowest BCUT2D eigenvalue weighted by atomic mass is 10.1. The summed E-state index contributed by atoms with van der Waals surface area (Å²) in [6.07, 6.45) is 6.29. The first kappa shape index (κ1) is 16.8. The van der Waals surface area contributed by atoms with E-state index in [1.807, 2.05) is 11.0 Å². The summed E-state index contributed by atoms with van der Waals surface area (Å²) >= 11 is 0. The maximum atomic E-state index is 14.2. The average molecular weight is 365 g/mol. The second kappa shape index (κ2) is 6.91. The number of hydrogen-bond donors (Lipinski definition) is 1. The van der Waals surface area contributed by atoms with Gasteiger partial charge in [0.1, 0.15) is 12.1 Å². The maximum Gasteiger partial charge on any atom is 0.248 e. The molecule has 0 spiro atoms. The molecule has 3 heterocycles. The minimum absolute atomic E-state index is 0.161. The lowest BCUT2D eigenvalue weighted by molar-refractivity contribution is 0.515. The highest BCUT2D eigenvalue weighted by atomic mass is 19.2. The maximum absolute atomic E-state index is 14.2. The first-order valence-corrected chi connectivity index (χ1v) is 8.07. The van der Waals surface area contributed by atoms with Crippen molar-refractivity contribution in [2.24, 2.45) is 0 Å². The number of nitrogens with one attached hydrogen (secondary N) is 1. The van der Waals surface area contributed by atoms with Crippen molar-refractivity contribution in [3.63, 3.8) is 0 Å². The number of pyridine rings is 2. The van der Waals surface area contributed by atoms with Crippen LogP contribution in [0, 0.1) is 11.6 Å². The molecule has 0 radical (unpaired) electrons. The van der Waals surface area contributed by atoms with Crippen LogP contribution in [0.3, 0.4) is 0 Å². The van der Waals surface area contributed by atoms with Crippen molar-refractivity contribution in [1.29, 1.82) is 0 Å². The van der Waals surface area contributed by atoms with Gasteiger partial charge in [-0.05, 0) is 35.9 Å². The fourth-order valence-corrected chi connectivity index (χ4v) is 2.90. The Bertz CT molecular complexity index is 1110. The molecule has 0 aliphatic carbocycles. The van der Waals surface area contributed by atoms with Crippen molar-refractivity contribution < 1.29 is 8.78 Å². The predicted octanol–water partition coefficient (Wildman–Crippen LogP) is 3.33. The Balaban J connectivity index is 1.87. The number of nitrogens with zero attached hydrogens (tertiary/aromatic N) is 4. The van der Waals surface area contributed by atoms with Gasteiger partial charge in [0.05, 0.1) is 23.9 Å². The van der Waals surface area contributed by atoms with Gasteiger partial charge in [-0.2, -0.15) is 0 Å². The molecular weight excluding hydrogens is 352 g/mol. The van der Waals surface area contributed by atoms with Gasteiger partial charge in [0.25, 0.3) is 0 Å². The number of aromatic amines is 1. The van der Waals surface area contributed by atoms with Crippen LogP contribution in [-0.2, 0) is 6.54 Å². The van der Waals surface area contributed by atoms with E-state index in [4.69, 9.17) is 0 Å². The lowest BCUT2D eigenvalue weighted by Crippen LogP contribution is -2.20. The van der Waals surface area contributed by atoms with E-state index in [1.54, 1.807) is 30.7 Å². The van der Waals surface area contributed by atoms with Gasteiger partial charge in [-0.25, -0.2) is 18.7 Å². The Morgan fingerprint density at radius 2 is 1.96 bits per heavy atom. The van der Waals surface area contributed by atoms with Crippen LogP contribution in [0.25, 0.3) is 10.9 Å². The van der Waals surface area contributed by atoms with Gasteiger partial charge in [-0.15, -0.1) is 0 Å². The van der Waals surface area contributed by atoms with E-state index in [-0.39, 0.29) is 12.1 Å². The molecule has 1 aromatic carbocycles. The van der Waals surface area contributed by atoms with Gasteiger partial charge >= 0.3 is 0 Å². The van der Waals surface area contributed by atoms with Crippen molar-refractivity contribution in [3.8, 4) is 0 Å². The Labute approximate surface area is 152 Å². The standard InChI is InChI=1S/C19H13F2N5O/c20-15-4-3-14-12(8-17(27)25-19(14)18(15)21)10-26(13-2-1-6-22-9-13)16-5-7-23-11-24-16/h1-9,11H,10H2,(H,25,27). The lowest BCUT2D eigenvalue weighted by Gasteiger charge is -2.24. The molecule has 0 saturated heterocycles. The van der Waals surface area contributed by atoms with Crippen LogP contribution in [0.1, 0.15) is 5.56 Å². The normalized spacial score (nSPS) is 10.9. The highest BCUT2D eigenvalue weighted by molar-refractivity contribution is 5.83. The van der Waals surface area contributed by atoms with Crippen molar-refractivity contribution in [2.45, 2.75) is 6.54 Å². The average Bonchev–Trinajstić information content (AvgIpc) is 2.70. The minimum atomic E-state index is -1.08. The van der Waals surface area contributed by atoms with E-state index < -0.39 is 17.2 Å². The Kier molecular flexibility index (Phi) is 4.29. The highest BCUT2D eigenvalue weighted by Crippen LogP contribution is 2.27. The summed E-state index contributed by atoms with van der Waals surface area (Å²) in [5.74, 6) is -1.52. The van der Waals surface area contributed by atoms with Crippen LogP contribution >= 0.6 is 0 Å². The quantitative estimate of drug-likeness (QED) is 0.600. The largest absolute Gasteiger partial charge is 0.320 e. The van der Waals surface area contributed by atoms with Gasteiger partial charge in [-0.1, -0.05) is 0 Å². The molecule has 0 fully saturated rings.